The summed E-state index contributed by atoms with van der Waals surface area (Å²) in [5.74, 6) is -0.367. The lowest BCUT2D eigenvalue weighted by molar-refractivity contribution is -0.164. The maximum absolute atomic E-state index is 13.3. The van der Waals surface area contributed by atoms with E-state index in [2.05, 4.69) is 0 Å². The number of ketones is 1. The Morgan fingerprint density at radius 1 is 1.03 bits per heavy atom. The second kappa shape index (κ2) is 7.10. The van der Waals surface area contributed by atoms with Crippen LogP contribution in [0.3, 0.4) is 0 Å². The van der Waals surface area contributed by atoms with Crippen LogP contribution in [-0.2, 0) is 16.0 Å². The summed E-state index contributed by atoms with van der Waals surface area (Å²) in [4.78, 5) is 13.3. The molecule has 3 nitrogen and oxygen atoms in total. The van der Waals surface area contributed by atoms with Crippen molar-refractivity contribution in [2.75, 3.05) is 0 Å². The van der Waals surface area contributed by atoms with Crippen LogP contribution in [0.1, 0.15) is 57.6 Å². The smallest absolute Gasteiger partial charge is 0.198 e. The van der Waals surface area contributed by atoms with Gasteiger partial charge in [-0.15, -0.1) is 0 Å². The first-order valence-corrected chi connectivity index (χ1v) is 10.4. The van der Waals surface area contributed by atoms with Gasteiger partial charge in [0.1, 0.15) is 22.8 Å². The number of carbonyl (C=O) groups excluding carboxylic acids is 1. The van der Waals surface area contributed by atoms with E-state index >= 15 is 0 Å². The first-order valence-electron chi connectivity index (χ1n) is 10.4. The first-order chi connectivity index (χ1) is 13.8. The molecule has 1 N–H and O–H groups in total. The molecule has 1 aliphatic heterocycles. The number of carbonyl (C=O) groups is 1. The Labute approximate surface area is 171 Å². The molecule has 2 aliphatic rings. The Kier molecular flexibility index (Phi) is 4.86. The highest BCUT2D eigenvalue weighted by molar-refractivity contribution is 6.26. The monoisotopic (exact) mass is 394 g/mol. The molecule has 0 bridgehead atoms. The van der Waals surface area contributed by atoms with Gasteiger partial charge in [0.15, 0.2) is 5.78 Å². The van der Waals surface area contributed by atoms with E-state index in [9.17, 15) is 14.3 Å². The normalized spacial score (nSPS) is 20.5. The quantitative estimate of drug-likeness (QED) is 0.693. The van der Waals surface area contributed by atoms with Crippen LogP contribution in [0.5, 0.6) is 0 Å². The third-order valence-electron chi connectivity index (χ3n) is 6.24. The van der Waals surface area contributed by atoms with E-state index in [1.54, 1.807) is 26.0 Å². The Bertz CT molecular complexity index is 980. The van der Waals surface area contributed by atoms with Crippen LogP contribution in [0.25, 0.3) is 16.7 Å². The van der Waals surface area contributed by atoms with Crippen LogP contribution in [0, 0.1) is 5.82 Å². The highest BCUT2D eigenvalue weighted by Crippen LogP contribution is 2.48. The maximum Gasteiger partial charge on any atom is 0.198 e. The van der Waals surface area contributed by atoms with Gasteiger partial charge < -0.3 is 9.84 Å². The molecular weight excluding hydrogens is 367 g/mol. The molecule has 0 radical (unpaired) electrons. The van der Waals surface area contributed by atoms with Crippen molar-refractivity contribution in [1.29, 1.82) is 0 Å². The fourth-order valence-electron chi connectivity index (χ4n) is 4.71. The number of hydrogen-bond donors (Lipinski definition) is 1. The SMILES string of the molecule is CCc1cc(-c2ccc(F)cc2)ccc1C1=C(O)C2(CCCC2)OC(C)(C)C1=O. The van der Waals surface area contributed by atoms with E-state index in [-0.39, 0.29) is 17.4 Å². The van der Waals surface area contributed by atoms with Gasteiger partial charge in [0, 0.05) is 0 Å². The number of aryl methyl sites for hydroxylation is 1. The molecule has 1 aliphatic carbocycles. The number of aliphatic hydroxyl groups excluding tert-OH is 1. The van der Waals surface area contributed by atoms with Crippen molar-refractivity contribution < 1.29 is 19.0 Å². The van der Waals surface area contributed by atoms with Gasteiger partial charge in [-0.3, -0.25) is 4.79 Å². The molecule has 29 heavy (non-hydrogen) atoms. The average molecular weight is 394 g/mol. The van der Waals surface area contributed by atoms with Gasteiger partial charge >= 0.3 is 0 Å². The van der Waals surface area contributed by atoms with Gasteiger partial charge in [-0.05, 0) is 80.3 Å². The summed E-state index contributed by atoms with van der Waals surface area (Å²) in [5, 5.41) is 11.2. The summed E-state index contributed by atoms with van der Waals surface area (Å²) in [6.45, 7) is 5.62. The number of Topliss-reactive ketones (excluding diaryl/α,β-unsaturated/α-hetero) is 1. The molecule has 1 saturated carbocycles. The van der Waals surface area contributed by atoms with Crippen LogP contribution in [0.2, 0.25) is 0 Å². The highest BCUT2D eigenvalue weighted by Gasteiger charge is 2.52. The number of halogens is 1. The van der Waals surface area contributed by atoms with Crippen molar-refractivity contribution in [3.05, 3.63) is 65.2 Å². The topological polar surface area (TPSA) is 46.5 Å². The number of hydrogen-bond acceptors (Lipinski definition) is 3. The van der Waals surface area contributed by atoms with Crippen LogP contribution in [0.4, 0.5) is 4.39 Å². The lowest BCUT2D eigenvalue weighted by atomic mass is 9.79. The molecule has 1 heterocycles. The summed E-state index contributed by atoms with van der Waals surface area (Å²) in [5.41, 5.74) is 2.28. The largest absolute Gasteiger partial charge is 0.508 e. The predicted octanol–water partition coefficient (Wildman–Crippen LogP) is 6.01. The summed E-state index contributed by atoms with van der Waals surface area (Å²) >= 11 is 0. The van der Waals surface area contributed by atoms with Crippen molar-refractivity contribution in [3.63, 3.8) is 0 Å². The van der Waals surface area contributed by atoms with Crippen LogP contribution in [0.15, 0.2) is 48.2 Å². The molecular formula is C25H27FO3. The molecule has 152 valence electrons. The van der Waals surface area contributed by atoms with Crippen LogP contribution >= 0.6 is 0 Å². The molecule has 0 atom stereocenters. The zero-order valence-corrected chi connectivity index (χ0v) is 17.2. The molecule has 1 fully saturated rings. The molecule has 0 amide bonds. The van der Waals surface area contributed by atoms with Gasteiger partial charge in [0.05, 0.1) is 5.57 Å². The Morgan fingerprint density at radius 2 is 1.66 bits per heavy atom. The van der Waals surface area contributed by atoms with Gasteiger partial charge in [0.25, 0.3) is 0 Å². The fourth-order valence-corrected chi connectivity index (χ4v) is 4.71. The Balaban J connectivity index is 1.86. The van der Waals surface area contributed by atoms with Gasteiger partial charge in [-0.25, -0.2) is 4.39 Å². The van der Waals surface area contributed by atoms with Gasteiger partial charge in [-0.1, -0.05) is 37.3 Å². The molecule has 0 saturated heterocycles. The van der Waals surface area contributed by atoms with E-state index in [1.165, 1.54) is 12.1 Å². The standard InChI is InChI=1S/C25H27FO3/c1-4-16-15-18(17-7-10-19(26)11-8-17)9-12-20(16)21-22(27)24(2,3)29-25(23(21)28)13-5-6-14-25/h7-12,15,28H,4-6,13-14H2,1-3H3. The van der Waals surface area contributed by atoms with E-state index in [1.807, 2.05) is 25.1 Å². The predicted molar refractivity (Wildman–Crippen MR) is 112 cm³/mol. The minimum Gasteiger partial charge on any atom is -0.508 e. The number of ether oxygens (including phenoxy) is 1. The molecule has 4 heteroatoms. The van der Waals surface area contributed by atoms with Crippen molar-refractivity contribution in [1.82, 2.24) is 0 Å². The lowest BCUT2D eigenvalue weighted by Crippen LogP contribution is -2.51. The van der Waals surface area contributed by atoms with E-state index in [0.29, 0.717) is 12.0 Å². The molecule has 2 aromatic rings. The minimum atomic E-state index is -0.980. The van der Waals surface area contributed by atoms with Crippen molar-refractivity contribution in [2.45, 2.75) is 64.1 Å². The third-order valence-corrected chi connectivity index (χ3v) is 6.24. The summed E-state index contributed by atoms with van der Waals surface area (Å²) in [6.07, 6.45) is 4.13. The fraction of sp³-hybridized carbons (Fsp3) is 0.400. The minimum absolute atomic E-state index is 0.0866. The van der Waals surface area contributed by atoms with Crippen LogP contribution < -0.4 is 0 Å². The maximum atomic E-state index is 13.3. The third kappa shape index (κ3) is 3.29. The van der Waals surface area contributed by atoms with E-state index in [0.717, 1.165) is 47.9 Å². The zero-order chi connectivity index (χ0) is 20.8. The molecule has 1 spiro atoms. The number of rotatable bonds is 3. The lowest BCUT2D eigenvalue weighted by Gasteiger charge is -2.42. The Morgan fingerprint density at radius 3 is 2.28 bits per heavy atom. The van der Waals surface area contributed by atoms with Crippen LogP contribution in [-0.4, -0.2) is 22.1 Å². The molecule has 2 aromatic carbocycles. The number of benzene rings is 2. The van der Waals surface area contributed by atoms with Crippen molar-refractivity contribution in [2.24, 2.45) is 0 Å². The first kappa shape index (κ1) is 19.8. The zero-order valence-electron chi connectivity index (χ0n) is 17.2. The number of aliphatic hydroxyl groups is 1. The Hall–Kier alpha value is -2.46. The summed E-state index contributed by atoms with van der Waals surface area (Å²) in [6, 6.07) is 12.2. The van der Waals surface area contributed by atoms with Gasteiger partial charge in [-0.2, -0.15) is 0 Å². The van der Waals surface area contributed by atoms with Crippen molar-refractivity contribution in [3.8, 4) is 11.1 Å². The molecule has 0 unspecified atom stereocenters. The second-order valence-electron chi connectivity index (χ2n) is 8.60. The summed E-state index contributed by atoms with van der Waals surface area (Å²) in [7, 11) is 0. The average Bonchev–Trinajstić information content (AvgIpc) is 3.16. The van der Waals surface area contributed by atoms with Crippen molar-refractivity contribution >= 4 is 11.4 Å². The molecule has 4 rings (SSSR count). The molecule has 0 aromatic heterocycles. The van der Waals surface area contributed by atoms with E-state index < -0.39 is 11.2 Å². The summed E-state index contributed by atoms with van der Waals surface area (Å²) < 4.78 is 19.5. The van der Waals surface area contributed by atoms with Gasteiger partial charge in [0.2, 0.25) is 0 Å². The highest BCUT2D eigenvalue weighted by atomic mass is 19.1. The second-order valence-corrected chi connectivity index (χ2v) is 8.60. The van der Waals surface area contributed by atoms with E-state index in [4.69, 9.17) is 4.74 Å².